The number of carbonyl (C=O) groups excluding carboxylic acids is 1. The number of halogens is 1. The monoisotopic (exact) mass is 322 g/mol. The van der Waals surface area contributed by atoms with E-state index in [1.54, 1.807) is 6.07 Å². The predicted octanol–water partition coefficient (Wildman–Crippen LogP) is 3.96. The summed E-state index contributed by atoms with van der Waals surface area (Å²) in [5, 5.41) is 3.87. The molecule has 2 aromatic carbocycles. The van der Waals surface area contributed by atoms with Crippen LogP contribution in [0.4, 0.5) is 4.39 Å². The van der Waals surface area contributed by atoms with Crippen LogP contribution in [-0.4, -0.2) is 10.9 Å². The summed E-state index contributed by atoms with van der Waals surface area (Å²) in [5.74, 6) is -0.254. The van der Waals surface area contributed by atoms with Gasteiger partial charge in [0.05, 0.1) is 5.41 Å². The highest BCUT2D eigenvalue weighted by Crippen LogP contribution is 2.50. The first kappa shape index (κ1) is 14.9. The molecule has 1 aliphatic carbocycles. The summed E-state index contributed by atoms with van der Waals surface area (Å²) < 4.78 is 13.6. The number of aromatic nitrogens is 1. The molecule has 4 heteroatoms. The molecule has 0 aliphatic heterocycles. The van der Waals surface area contributed by atoms with Gasteiger partial charge in [-0.1, -0.05) is 24.3 Å². The van der Waals surface area contributed by atoms with Gasteiger partial charge in [-0.25, -0.2) is 4.39 Å². The highest BCUT2D eigenvalue weighted by molar-refractivity contribution is 5.97. The van der Waals surface area contributed by atoms with E-state index in [1.165, 1.54) is 12.1 Å². The third-order valence-corrected chi connectivity index (χ3v) is 5.04. The number of hydrogen-bond acceptors (Lipinski definition) is 1. The molecule has 24 heavy (non-hydrogen) atoms. The lowest BCUT2D eigenvalue weighted by molar-refractivity contribution is -0.123. The molecule has 0 unspecified atom stereocenters. The first-order valence-electron chi connectivity index (χ1n) is 8.20. The topological polar surface area (TPSA) is 44.9 Å². The number of aromatic amines is 1. The Kier molecular flexibility index (Phi) is 3.41. The number of rotatable bonds is 4. The van der Waals surface area contributed by atoms with Gasteiger partial charge in [0.2, 0.25) is 5.91 Å². The molecule has 0 bridgehead atoms. The van der Waals surface area contributed by atoms with Gasteiger partial charge in [0.1, 0.15) is 5.82 Å². The van der Waals surface area contributed by atoms with Crippen LogP contribution in [0.25, 0.3) is 10.9 Å². The van der Waals surface area contributed by atoms with Crippen molar-refractivity contribution in [3.05, 3.63) is 71.2 Å². The van der Waals surface area contributed by atoms with Crippen LogP contribution in [0.15, 0.2) is 48.7 Å². The van der Waals surface area contributed by atoms with E-state index in [2.05, 4.69) is 10.3 Å². The van der Waals surface area contributed by atoms with Gasteiger partial charge < -0.3 is 10.3 Å². The Hall–Kier alpha value is -2.62. The number of nitrogens with one attached hydrogen (secondary N) is 2. The molecule has 1 fully saturated rings. The van der Waals surface area contributed by atoms with E-state index in [0.29, 0.717) is 6.54 Å². The molecule has 3 aromatic rings. The minimum absolute atomic E-state index is 0.0240. The Morgan fingerprint density at radius 3 is 2.79 bits per heavy atom. The molecule has 1 aromatic heterocycles. The highest BCUT2D eigenvalue weighted by atomic mass is 19.1. The van der Waals surface area contributed by atoms with Crippen molar-refractivity contribution in [2.24, 2.45) is 0 Å². The average molecular weight is 322 g/mol. The van der Waals surface area contributed by atoms with Gasteiger partial charge in [-0.05, 0) is 54.7 Å². The summed E-state index contributed by atoms with van der Waals surface area (Å²) >= 11 is 0. The second-order valence-electron chi connectivity index (χ2n) is 6.58. The Bertz CT molecular complexity index is 924. The van der Waals surface area contributed by atoms with Gasteiger partial charge >= 0.3 is 0 Å². The van der Waals surface area contributed by atoms with Crippen molar-refractivity contribution in [2.75, 3.05) is 0 Å². The summed E-state index contributed by atoms with van der Waals surface area (Å²) in [5.41, 5.74) is 3.53. The molecule has 0 saturated heterocycles. The van der Waals surface area contributed by atoms with Crippen molar-refractivity contribution < 1.29 is 9.18 Å². The molecule has 0 atom stereocenters. The number of fused-ring (bicyclic) bond motifs is 1. The molecule has 1 heterocycles. The zero-order valence-electron chi connectivity index (χ0n) is 13.5. The Labute approximate surface area is 139 Å². The van der Waals surface area contributed by atoms with Gasteiger partial charge in [-0.15, -0.1) is 0 Å². The minimum Gasteiger partial charge on any atom is -0.361 e. The lowest BCUT2D eigenvalue weighted by Crippen LogP contribution is -2.34. The number of aryl methyl sites for hydroxylation is 1. The molecule has 4 rings (SSSR count). The van der Waals surface area contributed by atoms with Crippen LogP contribution >= 0.6 is 0 Å². The predicted molar refractivity (Wildman–Crippen MR) is 92.2 cm³/mol. The molecule has 1 saturated carbocycles. The van der Waals surface area contributed by atoms with Crippen LogP contribution in [0.1, 0.15) is 29.5 Å². The molecule has 2 N–H and O–H groups in total. The molecule has 0 spiro atoms. The van der Waals surface area contributed by atoms with Crippen molar-refractivity contribution in [3.63, 3.8) is 0 Å². The summed E-state index contributed by atoms with van der Waals surface area (Å²) in [4.78, 5) is 16.0. The van der Waals surface area contributed by atoms with Gasteiger partial charge in [-0.2, -0.15) is 0 Å². The normalized spacial score (nSPS) is 15.4. The maximum atomic E-state index is 13.6. The largest absolute Gasteiger partial charge is 0.361 e. The Morgan fingerprint density at radius 2 is 2.04 bits per heavy atom. The first-order valence-corrected chi connectivity index (χ1v) is 8.20. The number of benzene rings is 2. The van der Waals surface area contributed by atoms with Crippen LogP contribution in [0.5, 0.6) is 0 Å². The fourth-order valence-electron chi connectivity index (χ4n) is 3.39. The van der Waals surface area contributed by atoms with E-state index in [1.807, 2.05) is 37.4 Å². The van der Waals surface area contributed by atoms with Crippen molar-refractivity contribution >= 4 is 16.8 Å². The Morgan fingerprint density at radius 1 is 1.25 bits per heavy atom. The third kappa shape index (κ3) is 2.39. The first-order chi connectivity index (χ1) is 11.6. The summed E-state index contributed by atoms with van der Waals surface area (Å²) in [6, 6.07) is 12.7. The zero-order chi connectivity index (χ0) is 16.7. The van der Waals surface area contributed by atoms with Crippen molar-refractivity contribution in [1.82, 2.24) is 10.3 Å². The van der Waals surface area contributed by atoms with Crippen LogP contribution < -0.4 is 5.32 Å². The third-order valence-electron chi connectivity index (χ3n) is 5.04. The molecular formula is C20H19FN2O. The molecule has 0 radical (unpaired) electrons. The van der Waals surface area contributed by atoms with Crippen molar-refractivity contribution in [2.45, 2.75) is 31.7 Å². The smallest absolute Gasteiger partial charge is 0.231 e. The fraction of sp³-hybridized carbons (Fsp3) is 0.250. The lowest BCUT2D eigenvalue weighted by Gasteiger charge is -2.16. The van der Waals surface area contributed by atoms with Gasteiger partial charge in [0.15, 0.2) is 0 Å². The average Bonchev–Trinajstić information content (AvgIpc) is 3.28. The van der Waals surface area contributed by atoms with Crippen LogP contribution in [0.2, 0.25) is 0 Å². The van der Waals surface area contributed by atoms with Crippen LogP contribution in [-0.2, 0) is 16.8 Å². The van der Waals surface area contributed by atoms with Gasteiger partial charge in [0, 0.05) is 23.6 Å². The van der Waals surface area contributed by atoms with Gasteiger partial charge in [-0.3, -0.25) is 4.79 Å². The standard InChI is InChI=1S/C20H19FN2O/c1-13-4-2-3-5-14(13)11-23-19(24)20(8-9-20)17-12-22-18-7-6-15(21)10-16(17)18/h2-7,10,12,22H,8-9,11H2,1H3,(H,23,24). The number of carbonyl (C=O) groups is 1. The maximum absolute atomic E-state index is 13.6. The quantitative estimate of drug-likeness (QED) is 0.750. The van der Waals surface area contributed by atoms with E-state index in [9.17, 15) is 9.18 Å². The van der Waals surface area contributed by atoms with E-state index >= 15 is 0 Å². The summed E-state index contributed by atoms with van der Waals surface area (Å²) in [7, 11) is 0. The molecule has 1 aliphatic rings. The fourth-order valence-corrected chi connectivity index (χ4v) is 3.39. The molecule has 1 amide bonds. The number of amides is 1. The summed E-state index contributed by atoms with van der Waals surface area (Å²) in [6.07, 6.45) is 3.45. The van der Waals surface area contributed by atoms with Gasteiger partial charge in [0.25, 0.3) is 0 Å². The summed E-state index contributed by atoms with van der Waals surface area (Å²) in [6.45, 7) is 2.56. The molecule has 3 nitrogen and oxygen atoms in total. The number of hydrogen-bond donors (Lipinski definition) is 2. The Balaban J connectivity index is 1.59. The van der Waals surface area contributed by atoms with E-state index < -0.39 is 5.41 Å². The number of H-pyrrole nitrogens is 1. The van der Waals surface area contributed by atoms with Crippen molar-refractivity contribution in [3.8, 4) is 0 Å². The van der Waals surface area contributed by atoms with Crippen molar-refractivity contribution in [1.29, 1.82) is 0 Å². The maximum Gasteiger partial charge on any atom is 0.231 e. The van der Waals surface area contributed by atoms with Crippen LogP contribution in [0.3, 0.4) is 0 Å². The second kappa shape index (κ2) is 5.48. The van der Waals surface area contributed by atoms with E-state index in [4.69, 9.17) is 0 Å². The lowest BCUT2D eigenvalue weighted by atomic mass is 9.94. The second-order valence-corrected chi connectivity index (χ2v) is 6.58. The van der Waals surface area contributed by atoms with E-state index in [-0.39, 0.29) is 11.7 Å². The van der Waals surface area contributed by atoms with E-state index in [0.717, 1.165) is 40.4 Å². The minimum atomic E-state index is -0.519. The zero-order valence-corrected chi connectivity index (χ0v) is 13.5. The molecular weight excluding hydrogens is 303 g/mol. The van der Waals surface area contributed by atoms with Crippen LogP contribution in [0, 0.1) is 12.7 Å². The SMILES string of the molecule is Cc1ccccc1CNC(=O)C1(c2c[nH]c3ccc(F)cc23)CC1. The highest BCUT2D eigenvalue weighted by Gasteiger charge is 2.52. The molecule has 122 valence electrons.